The summed E-state index contributed by atoms with van der Waals surface area (Å²) in [6.45, 7) is 3.42. The van der Waals surface area contributed by atoms with E-state index in [1.165, 1.54) is 8.87 Å². The van der Waals surface area contributed by atoms with Gasteiger partial charge in [0.1, 0.15) is 0 Å². The van der Waals surface area contributed by atoms with Crippen LogP contribution in [0.2, 0.25) is 0 Å². The van der Waals surface area contributed by atoms with Crippen molar-refractivity contribution in [2.75, 3.05) is 36.8 Å². The number of anilines is 1. The van der Waals surface area contributed by atoms with E-state index < -0.39 is 10.0 Å². The maximum atomic E-state index is 11.9. The van der Waals surface area contributed by atoms with Crippen LogP contribution in [0.25, 0.3) is 0 Å². The van der Waals surface area contributed by atoms with Gasteiger partial charge in [0, 0.05) is 45.6 Å². The monoisotopic (exact) mass is 286 g/mol. The van der Waals surface area contributed by atoms with Gasteiger partial charge >= 0.3 is 0 Å². The molecule has 0 atom stereocenters. The normalized spacial score (nSPS) is 17.7. The number of hydrogen-bond donors (Lipinski definition) is 0. The summed E-state index contributed by atoms with van der Waals surface area (Å²) >= 11 is 0. The number of sulfonamides is 1. The molecule has 1 aromatic rings. The highest BCUT2D eigenvalue weighted by atomic mass is 32.2. The fraction of sp³-hybridized carbons (Fsp3) is 0.636. The predicted octanol–water partition coefficient (Wildman–Crippen LogP) is -0.748. The van der Waals surface area contributed by atoms with Crippen LogP contribution in [-0.2, 0) is 17.1 Å². The Morgan fingerprint density at radius 2 is 1.89 bits per heavy atom. The van der Waals surface area contributed by atoms with Crippen LogP contribution < -0.4 is 10.5 Å². The number of piperazine rings is 1. The fourth-order valence-corrected chi connectivity index (χ4v) is 3.15. The molecular formula is C11H18N4O3S. The second-order valence-electron chi connectivity index (χ2n) is 4.45. The van der Waals surface area contributed by atoms with Crippen LogP contribution in [-0.4, -0.2) is 54.2 Å². The molecule has 0 unspecified atom stereocenters. The van der Waals surface area contributed by atoms with Gasteiger partial charge in [-0.3, -0.25) is 4.79 Å². The first kappa shape index (κ1) is 14.0. The molecule has 1 aliphatic heterocycles. The predicted molar refractivity (Wildman–Crippen MR) is 72.7 cm³/mol. The molecular weight excluding hydrogens is 268 g/mol. The Bertz CT molecular complexity index is 603. The summed E-state index contributed by atoms with van der Waals surface area (Å²) in [4.78, 5) is 17.9. The molecule has 0 radical (unpaired) electrons. The Balaban J connectivity index is 2.13. The average Bonchev–Trinajstić information content (AvgIpc) is 2.42. The van der Waals surface area contributed by atoms with Crippen molar-refractivity contribution in [1.29, 1.82) is 0 Å². The van der Waals surface area contributed by atoms with Crippen molar-refractivity contribution in [3.8, 4) is 0 Å². The van der Waals surface area contributed by atoms with Gasteiger partial charge in [-0.05, 0) is 6.92 Å². The van der Waals surface area contributed by atoms with Crippen molar-refractivity contribution < 1.29 is 8.42 Å². The maximum absolute atomic E-state index is 11.9. The van der Waals surface area contributed by atoms with E-state index in [0.717, 1.165) is 0 Å². The minimum absolute atomic E-state index is 0.109. The SMILES string of the molecule is CCS(=O)(=O)N1CCN(c2nccn(C)c2=O)CC1. The zero-order valence-corrected chi connectivity index (χ0v) is 11.9. The van der Waals surface area contributed by atoms with Crippen LogP contribution in [0.1, 0.15) is 6.92 Å². The first-order valence-corrected chi connectivity index (χ1v) is 7.81. The first-order valence-electron chi connectivity index (χ1n) is 6.20. The highest BCUT2D eigenvalue weighted by Gasteiger charge is 2.26. The molecule has 0 aromatic carbocycles. The summed E-state index contributed by atoms with van der Waals surface area (Å²) in [5.41, 5.74) is -0.158. The molecule has 1 saturated heterocycles. The van der Waals surface area contributed by atoms with Crippen LogP contribution in [0.5, 0.6) is 0 Å². The quantitative estimate of drug-likeness (QED) is 0.731. The molecule has 0 saturated carbocycles. The lowest BCUT2D eigenvalue weighted by atomic mass is 10.3. The Morgan fingerprint density at radius 3 is 2.47 bits per heavy atom. The van der Waals surface area contributed by atoms with Gasteiger partial charge in [0.25, 0.3) is 5.56 Å². The molecule has 1 aromatic heterocycles. The largest absolute Gasteiger partial charge is 0.349 e. The Hall–Kier alpha value is -1.41. The standard InChI is InChI=1S/C11H18N4O3S/c1-3-19(17,18)15-8-6-14(7-9-15)10-11(16)13(2)5-4-12-10/h4-5H,3,6-9H2,1-2H3. The van der Waals surface area contributed by atoms with Gasteiger partial charge < -0.3 is 9.47 Å². The number of hydrogen-bond acceptors (Lipinski definition) is 5. The molecule has 0 bridgehead atoms. The van der Waals surface area contributed by atoms with Crippen molar-refractivity contribution in [3.05, 3.63) is 22.7 Å². The van der Waals surface area contributed by atoms with E-state index in [1.54, 1.807) is 26.4 Å². The van der Waals surface area contributed by atoms with Gasteiger partial charge in [0.15, 0.2) is 5.82 Å². The molecule has 1 fully saturated rings. The molecule has 0 spiro atoms. The van der Waals surface area contributed by atoms with Crippen molar-refractivity contribution >= 4 is 15.8 Å². The third-order valence-electron chi connectivity index (χ3n) is 3.30. The minimum Gasteiger partial charge on any atom is -0.349 e. The molecule has 8 heteroatoms. The summed E-state index contributed by atoms with van der Waals surface area (Å²) in [6.07, 6.45) is 3.18. The second kappa shape index (κ2) is 5.30. The van der Waals surface area contributed by atoms with Crippen LogP contribution in [0, 0.1) is 0 Å². The van der Waals surface area contributed by atoms with Crippen molar-refractivity contribution in [3.63, 3.8) is 0 Å². The van der Waals surface area contributed by atoms with Crippen LogP contribution in [0.4, 0.5) is 5.82 Å². The van der Waals surface area contributed by atoms with E-state index in [1.807, 2.05) is 4.90 Å². The zero-order valence-electron chi connectivity index (χ0n) is 11.1. The Morgan fingerprint density at radius 1 is 1.26 bits per heavy atom. The van der Waals surface area contributed by atoms with Crippen LogP contribution in [0.3, 0.4) is 0 Å². The van der Waals surface area contributed by atoms with Crippen LogP contribution in [0.15, 0.2) is 17.2 Å². The average molecular weight is 286 g/mol. The number of aromatic nitrogens is 2. The first-order chi connectivity index (χ1) is 8.95. The maximum Gasteiger partial charge on any atom is 0.293 e. The molecule has 0 aliphatic carbocycles. The summed E-state index contributed by atoms with van der Waals surface area (Å²) in [5.74, 6) is 0.497. The van der Waals surface area contributed by atoms with Gasteiger partial charge in [0.05, 0.1) is 5.75 Å². The van der Waals surface area contributed by atoms with Crippen LogP contribution >= 0.6 is 0 Å². The molecule has 2 heterocycles. The molecule has 19 heavy (non-hydrogen) atoms. The molecule has 106 valence electrons. The van der Waals surface area contributed by atoms with Crippen molar-refractivity contribution in [2.24, 2.45) is 7.05 Å². The fourth-order valence-electron chi connectivity index (χ4n) is 2.06. The third kappa shape index (κ3) is 2.79. The second-order valence-corrected chi connectivity index (χ2v) is 6.71. The lowest BCUT2D eigenvalue weighted by Crippen LogP contribution is -2.50. The molecule has 7 nitrogen and oxygen atoms in total. The van der Waals surface area contributed by atoms with Gasteiger partial charge in [-0.25, -0.2) is 13.4 Å². The van der Waals surface area contributed by atoms with Gasteiger partial charge in [-0.2, -0.15) is 4.31 Å². The van der Waals surface area contributed by atoms with Gasteiger partial charge in [0.2, 0.25) is 10.0 Å². The van der Waals surface area contributed by atoms with E-state index in [9.17, 15) is 13.2 Å². The summed E-state index contributed by atoms with van der Waals surface area (Å²) in [7, 11) is -1.47. The van der Waals surface area contributed by atoms with E-state index in [-0.39, 0.29) is 11.3 Å². The number of nitrogens with zero attached hydrogens (tertiary/aromatic N) is 4. The highest BCUT2D eigenvalue weighted by Crippen LogP contribution is 2.11. The van der Waals surface area contributed by atoms with Gasteiger partial charge in [-0.1, -0.05) is 0 Å². The highest BCUT2D eigenvalue weighted by molar-refractivity contribution is 7.89. The van der Waals surface area contributed by atoms with E-state index in [0.29, 0.717) is 32.0 Å². The van der Waals surface area contributed by atoms with E-state index in [2.05, 4.69) is 4.98 Å². The molecule has 2 rings (SSSR count). The Kier molecular flexibility index (Phi) is 3.91. The number of aryl methyl sites for hydroxylation is 1. The van der Waals surface area contributed by atoms with E-state index >= 15 is 0 Å². The minimum atomic E-state index is -3.14. The van der Waals surface area contributed by atoms with Gasteiger partial charge in [-0.15, -0.1) is 0 Å². The number of rotatable bonds is 3. The molecule has 1 aliphatic rings. The van der Waals surface area contributed by atoms with Crippen molar-refractivity contribution in [1.82, 2.24) is 13.9 Å². The topological polar surface area (TPSA) is 75.5 Å². The third-order valence-corrected chi connectivity index (χ3v) is 5.18. The van der Waals surface area contributed by atoms with Crippen molar-refractivity contribution in [2.45, 2.75) is 6.92 Å². The van der Waals surface area contributed by atoms with E-state index in [4.69, 9.17) is 0 Å². The zero-order chi connectivity index (χ0) is 14.0. The summed E-state index contributed by atoms with van der Waals surface area (Å²) in [5, 5.41) is 0. The summed E-state index contributed by atoms with van der Waals surface area (Å²) in [6, 6.07) is 0. The Labute approximate surface area is 112 Å². The lowest BCUT2D eigenvalue weighted by molar-refractivity contribution is 0.384. The smallest absolute Gasteiger partial charge is 0.293 e. The lowest BCUT2D eigenvalue weighted by Gasteiger charge is -2.34. The summed E-state index contributed by atoms with van der Waals surface area (Å²) < 4.78 is 26.4. The molecule has 0 amide bonds. The molecule has 0 N–H and O–H groups in total.